The Balaban J connectivity index is -0.00000000500. The minimum absolute atomic E-state index is 0. The van der Waals surface area contributed by atoms with Crippen LogP contribution in [0.15, 0.2) is 0 Å². The first kappa shape index (κ1) is 16.2. The molecule has 0 aromatic carbocycles. The second-order valence-electron chi connectivity index (χ2n) is 0. The van der Waals surface area contributed by atoms with E-state index in [-0.39, 0.29) is 75.5 Å². The standard InChI is InChI=1S/La.Li.O.Ta.H. The van der Waals surface area contributed by atoms with Crippen LogP contribution in [0, 0.1) is 35.6 Å². The zero-order valence-corrected chi connectivity index (χ0v) is 8.27. The Kier molecular flexibility index (Phi) is 74.6. The molecule has 0 fully saturated rings. The van der Waals surface area contributed by atoms with Crippen LogP contribution in [0.25, 0.3) is 0 Å². The summed E-state index contributed by atoms with van der Waals surface area (Å²) in [7, 11) is 0. The SMILES string of the molecule is [La].[LiH].[O]=[Ta]. The molecule has 0 N–H and O–H groups in total. The normalized spacial score (nSPS) is 0.750. The molecule has 0 saturated heterocycles. The summed E-state index contributed by atoms with van der Waals surface area (Å²) >= 11 is 0.194. The van der Waals surface area contributed by atoms with Crippen molar-refractivity contribution in [2.45, 2.75) is 0 Å². The van der Waals surface area contributed by atoms with Gasteiger partial charge in [0.1, 0.15) is 0 Å². The topological polar surface area (TPSA) is 17.1 Å². The third-order valence-electron chi connectivity index (χ3n) is 0. The quantitative estimate of drug-likeness (QED) is 0.528. The Bertz CT molecular complexity index is 8.00. The summed E-state index contributed by atoms with van der Waals surface area (Å²) in [5, 5.41) is 0. The van der Waals surface area contributed by atoms with E-state index in [1.165, 1.54) is 0 Å². The summed E-state index contributed by atoms with van der Waals surface area (Å²) in [5.41, 5.74) is 0. The number of rotatable bonds is 0. The van der Waals surface area contributed by atoms with E-state index in [0.717, 1.165) is 0 Å². The van der Waals surface area contributed by atoms with Gasteiger partial charge < -0.3 is 0 Å². The number of hydrogen-bond acceptors (Lipinski definition) is 1. The Labute approximate surface area is 77.3 Å². The summed E-state index contributed by atoms with van der Waals surface area (Å²) in [4.78, 5) is 0. The van der Waals surface area contributed by atoms with E-state index >= 15 is 0 Å². The molecule has 0 aromatic heterocycles. The molecule has 0 unspecified atom stereocenters. The minimum atomic E-state index is 0. The van der Waals surface area contributed by atoms with E-state index in [9.17, 15) is 0 Å². The van der Waals surface area contributed by atoms with E-state index in [4.69, 9.17) is 3.25 Å². The van der Waals surface area contributed by atoms with Gasteiger partial charge in [-0.3, -0.25) is 0 Å². The van der Waals surface area contributed by atoms with Crippen LogP contribution in [-0.2, 0) is 24.3 Å². The second kappa shape index (κ2) is 18.4. The molecule has 0 amide bonds. The van der Waals surface area contributed by atoms with Crippen LogP contribution >= 0.6 is 0 Å². The van der Waals surface area contributed by atoms with Crippen molar-refractivity contribution in [1.29, 1.82) is 0 Å². The first-order valence-corrected chi connectivity index (χ1v) is 1.49. The average Bonchev–Trinajstić information content (AvgIpc) is 1.00. The third kappa shape index (κ3) is 8.84. The van der Waals surface area contributed by atoms with Crippen molar-refractivity contribution >= 4 is 18.9 Å². The molecule has 16 valence electrons. The van der Waals surface area contributed by atoms with E-state index in [1.54, 1.807) is 0 Å². The van der Waals surface area contributed by atoms with Gasteiger partial charge in [-0.2, -0.15) is 0 Å². The van der Waals surface area contributed by atoms with Crippen LogP contribution in [0.1, 0.15) is 0 Å². The monoisotopic (exact) mass is 344 g/mol. The van der Waals surface area contributed by atoms with Gasteiger partial charge in [-0.1, -0.05) is 0 Å². The Morgan fingerprint density at radius 1 is 1.25 bits per heavy atom. The first-order valence-electron chi connectivity index (χ1n) is 0.183. The summed E-state index contributed by atoms with van der Waals surface area (Å²) in [5.74, 6) is 0. The van der Waals surface area contributed by atoms with Crippen LogP contribution < -0.4 is 0 Å². The molecule has 0 rings (SSSR count). The van der Waals surface area contributed by atoms with Crippen molar-refractivity contribution in [3.05, 3.63) is 0 Å². The molecule has 4 heteroatoms. The molecule has 1 radical (unpaired) electrons. The van der Waals surface area contributed by atoms with Gasteiger partial charge in [0.05, 0.1) is 0 Å². The Morgan fingerprint density at radius 2 is 1.25 bits per heavy atom. The van der Waals surface area contributed by atoms with Gasteiger partial charge in [0, 0.05) is 35.6 Å². The van der Waals surface area contributed by atoms with Gasteiger partial charge in [-0.05, 0) is 0 Å². The van der Waals surface area contributed by atoms with Crippen molar-refractivity contribution < 1.29 is 59.9 Å². The summed E-state index contributed by atoms with van der Waals surface area (Å²) in [6, 6.07) is 0. The molecule has 1 nitrogen and oxygen atoms in total. The molecule has 0 aromatic rings. The average molecular weight is 344 g/mol. The zero-order valence-electron chi connectivity index (χ0n) is 1.43. The Morgan fingerprint density at radius 3 is 1.25 bits per heavy atom. The van der Waals surface area contributed by atoms with Crippen LogP contribution in [-0.4, -0.2) is 18.9 Å². The molecule has 0 bridgehead atoms. The van der Waals surface area contributed by atoms with Crippen molar-refractivity contribution in [2.24, 2.45) is 0 Å². The maximum absolute atomic E-state index is 8.36. The van der Waals surface area contributed by atoms with E-state index in [1.807, 2.05) is 0 Å². The van der Waals surface area contributed by atoms with Gasteiger partial charge in [-0.25, -0.2) is 0 Å². The fraction of sp³-hybridized carbons (Fsp3) is 0. The van der Waals surface area contributed by atoms with Crippen molar-refractivity contribution in [1.82, 2.24) is 0 Å². The molecule has 0 atom stereocenters. The third-order valence-corrected chi connectivity index (χ3v) is 0. The van der Waals surface area contributed by atoms with E-state index in [0.29, 0.717) is 0 Å². The molecule has 0 heterocycles. The van der Waals surface area contributed by atoms with Gasteiger partial charge in [0.2, 0.25) is 0 Å². The van der Waals surface area contributed by atoms with Crippen molar-refractivity contribution in [3.63, 3.8) is 0 Å². The summed E-state index contributed by atoms with van der Waals surface area (Å²) in [6.45, 7) is 0. The van der Waals surface area contributed by atoms with Gasteiger partial charge >= 0.3 is 43.2 Å². The summed E-state index contributed by atoms with van der Waals surface area (Å²) < 4.78 is 8.36. The van der Waals surface area contributed by atoms with Gasteiger partial charge in [-0.15, -0.1) is 0 Å². The molecule has 0 saturated carbocycles. The van der Waals surface area contributed by atoms with Gasteiger partial charge in [0.25, 0.3) is 0 Å². The molecule has 0 aliphatic carbocycles. The molecule has 0 aliphatic rings. The Hall–Kier alpha value is 2.33. The maximum atomic E-state index is 8.36. The predicted molar refractivity (Wildman–Crippen MR) is 7.84 cm³/mol. The zero-order chi connectivity index (χ0) is 2.00. The van der Waals surface area contributed by atoms with Crippen LogP contribution in [0.5, 0.6) is 0 Å². The molecular formula is HLaLiOTa. The second-order valence-corrected chi connectivity index (χ2v) is 0. The van der Waals surface area contributed by atoms with Crippen molar-refractivity contribution in [2.75, 3.05) is 0 Å². The van der Waals surface area contributed by atoms with E-state index in [2.05, 4.69) is 0 Å². The summed E-state index contributed by atoms with van der Waals surface area (Å²) in [6.07, 6.45) is 0. The fourth-order valence-electron chi connectivity index (χ4n) is 0. The molecule has 0 aliphatic heterocycles. The fourth-order valence-corrected chi connectivity index (χ4v) is 0. The van der Waals surface area contributed by atoms with Gasteiger partial charge in [0.15, 0.2) is 0 Å². The van der Waals surface area contributed by atoms with Crippen LogP contribution in [0.3, 0.4) is 0 Å². The van der Waals surface area contributed by atoms with Crippen LogP contribution in [0.4, 0.5) is 0 Å². The molecule has 4 heavy (non-hydrogen) atoms. The number of hydrogen-bond donors (Lipinski definition) is 0. The molecule has 0 spiro atoms. The molecular weight excluding hydrogens is 343 g/mol. The van der Waals surface area contributed by atoms with Crippen LogP contribution in [0.2, 0.25) is 0 Å². The first-order chi connectivity index (χ1) is 1.00. The predicted octanol–water partition coefficient (Wildman–Crippen LogP) is -0.770. The van der Waals surface area contributed by atoms with Crippen molar-refractivity contribution in [3.8, 4) is 0 Å². The van der Waals surface area contributed by atoms with E-state index < -0.39 is 0 Å².